The minimum absolute atomic E-state index is 0.245. The van der Waals surface area contributed by atoms with Crippen LogP contribution in [-0.2, 0) is 6.42 Å². The van der Waals surface area contributed by atoms with E-state index in [0.717, 1.165) is 18.5 Å². The number of aromatic nitrogens is 2. The van der Waals surface area contributed by atoms with Crippen molar-refractivity contribution in [3.8, 4) is 6.07 Å². The zero-order valence-electron chi connectivity index (χ0n) is 8.71. The second-order valence-electron chi connectivity index (χ2n) is 3.28. The molecular weight excluding hydrogens is 198 g/mol. The molecule has 1 unspecified atom stereocenters. The first-order valence-electron chi connectivity index (χ1n) is 4.82. The summed E-state index contributed by atoms with van der Waals surface area (Å²) in [6.07, 6.45) is 1.70. The summed E-state index contributed by atoms with van der Waals surface area (Å²) >= 11 is 6.06. The van der Waals surface area contributed by atoms with Crippen LogP contribution in [0.2, 0.25) is 5.15 Å². The third-order valence-electron chi connectivity index (χ3n) is 2.38. The fourth-order valence-corrected chi connectivity index (χ4v) is 1.64. The summed E-state index contributed by atoms with van der Waals surface area (Å²) in [5.41, 5.74) is 1.31. The lowest BCUT2D eigenvalue weighted by Crippen LogP contribution is -2.06. The predicted molar refractivity (Wildman–Crippen MR) is 56.3 cm³/mol. The number of nitrogens with zero attached hydrogens (tertiary/aromatic N) is 3. The Kier molecular flexibility index (Phi) is 3.54. The van der Waals surface area contributed by atoms with E-state index in [1.165, 1.54) is 0 Å². The minimum atomic E-state index is 0.245. The van der Waals surface area contributed by atoms with E-state index in [-0.39, 0.29) is 6.04 Å². The van der Waals surface area contributed by atoms with E-state index in [1.807, 2.05) is 13.8 Å². The molecule has 1 rings (SSSR count). The van der Waals surface area contributed by atoms with Gasteiger partial charge in [0.15, 0.2) is 0 Å². The lowest BCUT2D eigenvalue weighted by molar-refractivity contribution is 0.475. The van der Waals surface area contributed by atoms with Gasteiger partial charge < -0.3 is 0 Å². The van der Waals surface area contributed by atoms with Crippen molar-refractivity contribution in [1.82, 2.24) is 9.78 Å². The minimum Gasteiger partial charge on any atom is -0.250 e. The number of halogens is 1. The van der Waals surface area contributed by atoms with Crippen LogP contribution < -0.4 is 0 Å². The molecule has 76 valence electrons. The molecule has 14 heavy (non-hydrogen) atoms. The predicted octanol–water partition coefficient (Wildman–Crippen LogP) is 2.94. The normalized spacial score (nSPS) is 12.5. The highest BCUT2D eigenvalue weighted by Crippen LogP contribution is 2.24. The van der Waals surface area contributed by atoms with Gasteiger partial charge >= 0.3 is 0 Å². The first-order chi connectivity index (χ1) is 6.65. The highest BCUT2D eigenvalue weighted by Gasteiger charge is 2.17. The summed E-state index contributed by atoms with van der Waals surface area (Å²) in [7, 11) is 0. The number of hydrogen-bond acceptors (Lipinski definition) is 2. The molecule has 0 N–H and O–H groups in total. The molecule has 1 aromatic heterocycles. The van der Waals surface area contributed by atoms with Gasteiger partial charge in [0.1, 0.15) is 16.8 Å². The van der Waals surface area contributed by atoms with E-state index < -0.39 is 0 Å². The maximum absolute atomic E-state index is 8.91. The smallest absolute Gasteiger partial charge is 0.145 e. The Morgan fingerprint density at radius 1 is 1.57 bits per heavy atom. The van der Waals surface area contributed by atoms with Gasteiger partial charge in [-0.25, -0.2) is 4.68 Å². The fraction of sp³-hybridized carbons (Fsp3) is 0.600. The van der Waals surface area contributed by atoms with Gasteiger partial charge in [-0.15, -0.1) is 0 Å². The van der Waals surface area contributed by atoms with Crippen LogP contribution in [0.15, 0.2) is 0 Å². The number of rotatable bonds is 3. The maximum atomic E-state index is 8.91. The summed E-state index contributed by atoms with van der Waals surface area (Å²) in [6.45, 7) is 6.08. The first kappa shape index (κ1) is 11.1. The quantitative estimate of drug-likeness (QED) is 0.772. The van der Waals surface area contributed by atoms with E-state index in [4.69, 9.17) is 16.9 Å². The largest absolute Gasteiger partial charge is 0.250 e. The molecule has 3 nitrogen and oxygen atoms in total. The Balaban J connectivity index is 3.22. The second-order valence-corrected chi connectivity index (χ2v) is 3.64. The van der Waals surface area contributed by atoms with Gasteiger partial charge in [-0.2, -0.15) is 10.4 Å². The first-order valence-corrected chi connectivity index (χ1v) is 5.20. The Bertz CT molecular complexity index is 362. The van der Waals surface area contributed by atoms with Crippen LogP contribution in [0.1, 0.15) is 44.5 Å². The molecule has 1 heterocycles. The molecule has 1 aromatic rings. The Morgan fingerprint density at radius 3 is 2.57 bits per heavy atom. The monoisotopic (exact) mass is 211 g/mol. The molecule has 4 heteroatoms. The molecule has 0 spiro atoms. The van der Waals surface area contributed by atoms with Crippen molar-refractivity contribution in [2.24, 2.45) is 0 Å². The van der Waals surface area contributed by atoms with Crippen molar-refractivity contribution in [1.29, 1.82) is 5.26 Å². The molecule has 0 aliphatic rings. The number of nitriles is 1. The van der Waals surface area contributed by atoms with Crippen LogP contribution in [0.3, 0.4) is 0 Å². The van der Waals surface area contributed by atoms with Gasteiger partial charge in [0.2, 0.25) is 0 Å². The van der Waals surface area contributed by atoms with E-state index in [9.17, 15) is 0 Å². The standard InChI is InChI=1S/C10H14ClN3/c1-4-7(3)14-10(11)8(6-12)9(5-2)13-14/h7H,4-5H2,1-3H3. The van der Waals surface area contributed by atoms with E-state index in [2.05, 4.69) is 18.1 Å². The zero-order valence-corrected chi connectivity index (χ0v) is 9.47. The molecule has 1 atom stereocenters. The fourth-order valence-electron chi connectivity index (χ4n) is 1.28. The van der Waals surface area contributed by atoms with E-state index in [0.29, 0.717) is 10.7 Å². The molecule has 0 aliphatic heterocycles. The highest BCUT2D eigenvalue weighted by atomic mass is 35.5. The Hall–Kier alpha value is -1.01. The van der Waals surface area contributed by atoms with Gasteiger partial charge in [0.25, 0.3) is 0 Å². The lowest BCUT2D eigenvalue weighted by atomic mass is 10.2. The van der Waals surface area contributed by atoms with Crippen LogP contribution >= 0.6 is 11.6 Å². The van der Waals surface area contributed by atoms with Crippen molar-refractivity contribution in [3.63, 3.8) is 0 Å². The SMILES string of the molecule is CCc1nn(C(C)CC)c(Cl)c1C#N. The third kappa shape index (κ3) is 1.76. The molecule has 0 radical (unpaired) electrons. The van der Waals surface area contributed by atoms with Gasteiger partial charge in [-0.3, -0.25) is 0 Å². The molecular formula is C10H14ClN3. The van der Waals surface area contributed by atoms with Gasteiger partial charge in [-0.1, -0.05) is 25.4 Å². The van der Waals surface area contributed by atoms with Gasteiger partial charge in [0.05, 0.1) is 11.7 Å². The maximum Gasteiger partial charge on any atom is 0.145 e. The number of aryl methyl sites for hydroxylation is 1. The molecule has 0 bridgehead atoms. The summed E-state index contributed by atoms with van der Waals surface area (Å²) < 4.78 is 1.74. The summed E-state index contributed by atoms with van der Waals surface area (Å²) in [5.74, 6) is 0. The third-order valence-corrected chi connectivity index (χ3v) is 2.74. The summed E-state index contributed by atoms with van der Waals surface area (Å²) in [5, 5.41) is 13.7. The van der Waals surface area contributed by atoms with Crippen molar-refractivity contribution < 1.29 is 0 Å². The molecule has 0 aliphatic carbocycles. The van der Waals surface area contributed by atoms with Crippen LogP contribution in [0.4, 0.5) is 0 Å². The molecule has 0 saturated carbocycles. The van der Waals surface area contributed by atoms with Gasteiger partial charge in [-0.05, 0) is 19.8 Å². The number of hydrogen-bond donors (Lipinski definition) is 0. The zero-order chi connectivity index (χ0) is 10.7. The topological polar surface area (TPSA) is 41.6 Å². The average molecular weight is 212 g/mol. The van der Waals surface area contributed by atoms with E-state index >= 15 is 0 Å². The molecule has 0 amide bonds. The van der Waals surface area contributed by atoms with Crippen LogP contribution in [0.5, 0.6) is 0 Å². The van der Waals surface area contributed by atoms with Crippen molar-refractivity contribution in [2.45, 2.75) is 39.7 Å². The van der Waals surface area contributed by atoms with E-state index in [1.54, 1.807) is 4.68 Å². The summed E-state index contributed by atoms with van der Waals surface area (Å²) in [4.78, 5) is 0. The molecule has 0 saturated heterocycles. The van der Waals surface area contributed by atoms with Crippen LogP contribution in [-0.4, -0.2) is 9.78 Å². The van der Waals surface area contributed by atoms with Gasteiger partial charge in [0, 0.05) is 0 Å². The molecule has 0 fully saturated rings. The second kappa shape index (κ2) is 4.47. The van der Waals surface area contributed by atoms with Crippen molar-refractivity contribution in [2.75, 3.05) is 0 Å². The summed E-state index contributed by atoms with van der Waals surface area (Å²) in [6, 6.07) is 2.34. The van der Waals surface area contributed by atoms with Crippen molar-refractivity contribution in [3.05, 3.63) is 16.4 Å². The van der Waals surface area contributed by atoms with Crippen LogP contribution in [0, 0.1) is 11.3 Å². The van der Waals surface area contributed by atoms with Crippen LogP contribution in [0.25, 0.3) is 0 Å². The average Bonchev–Trinajstić information content (AvgIpc) is 2.53. The molecule has 0 aromatic carbocycles. The highest BCUT2D eigenvalue weighted by molar-refractivity contribution is 6.30. The van der Waals surface area contributed by atoms with Crippen molar-refractivity contribution >= 4 is 11.6 Å². The lowest BCUT2D eigenvalue weighted by Gasteiger charge is -2.09. The Labute approximate surface area is 89.3 Å². The Morgan fingerprint density at radius 2 is 2.21 bits per heavy atom.